The van der Waals surface area contributed by atoms with Crippen LogP contribution in [0.1, 0.15) is 16.1 Å². The largest absolute Gasteiger partial charge is 0.379 e. The van der Waals surface area contributed by atoms with Crippen LogP contribution in [-0.2, 0) is 4.74 Å². The van der Waals surface area contributed by atoms with Gasteiger partial charge in [0.1, 0.15) is 5.69 Å². The van der Waals surface area contributed by atoms with Crippen LogP contribution in [-0.4, -0.2) is 55.2 Å². The summed E-state index contributed by atoms with van der Waals surface area (Å²) in [5, 5.41) is 14.9. The van der Waals surface area contributed by atoms with Gasteiger partial charge >= 0.3 is 0 Å². The first-order valence-electron chi connectivity index (χ1n) is 8.56. The van der Waals surface area contributed by atoms with E-state index in [1.807, 2.05) is 18.2 Å². The van der Waals surface area contributed by atoms with Gasteiger partial charge in [-0.3, -0.25) is 9.69 Å². The lowest BCUT2D eigenvalue weighted by molar-refractivity contribution is 0.0383. The molecule has 0 saturated carbocycles. The van der Waals surface area contributed by atoms with Crippen molar-refractivity contribution in [2.24, 2.45) is 0 Å². The van der Waals surface area contributed by atoms with Gasteiger partial charge in [0, 0.05) is 31.9 Å². The fourth-order valence-electron chi connectivity index (χ4n) is 2.64. The van der Waals surface area contributed by atoms with Crippen molar-refractivity contribution in [1.82, 2.24) is 15.2 Å². The highest BCUT2D eigenvalue weighted by atomic mass is 16.5. The summed E-state index contributed by atoms with van der Waals surface area (Å²) in [5.41, 5.74) is 2.63. The minimum atomic E-state index is -0.178. The summed E-state index contributed by atoms with van der Waals surface area (Å²) in [5.74, 6) is -0.178. The van der Waals surface area contributed by atoms with E-state index in [0.29, 0.717) is 17.8 Å². The molecule has 0 atom stereocenters. The van der Waals surface area contributed by atoms with Crippen LogP contribution in [0.5, 0.6) is 0 Å². The summed E-state index contributed by atoms with van der Waals surface area (Å²) in [6.07, 6.45) is 1.62. The fraction of sp³-hybridized carbons (Fsp3) is 0.316. The van der Waals surface area contributed by atoms with Gasteiger partial charge in [-0.2, -0.15) is 5.26 Å². The zero-order valence-corrected chi connectivity index (χ0v) is 14.4. The molecule has 1 aromatic heterocycles. The Morgan fingerprint density at radius 3 is 2.54 bits per heavy atom. The van der Waals surface area contributed by atoms with Crippen LogP contribution in [0.2, 0.25) is 0 Å². The van der Waals surface area contributed by atoms with Crippen molar-refractivity contribution in [1.29, 1.82) is 5.26 Å². The molecule has 1 aromatic carbocycles. The molecule has 1 saturated heterocycles. The summed E-state index contributed by atoms with van der Waals surface area (Å²) < 4.78 is 5.30. The maximum absolute atomic E-state index is 12.2. The molecule has 2 aromatic rings. The lowest BCUT2D eigenvalue weighted by Gasteiger charge is -2.26. The van der Waals surface area contributed by atoms with Crippen molar-refractivity contribution in [3.63, 3.8) is 0 Å². The molecule has 134 valence electrons. The second-order valence-corrected chi connectivity index (χ2v) is 5.96. The van der Waals surface area contributed by atoms with E-state index >= 15 is 0 Å². The summed E-state index contributed by atoms with van der Waals surface area (Å²) in [6.45, 7) is 4.72. The number of nitrogens with one attached hydrogen (secondary N) is 2. The molecule has 0 bridgehead atoms. The SMILES string of the molecule is N#Cc1ccc(Nc2ccc(C(=O)NCCN3CCOCC3)nc2)cc1. The summed E-state index contributed by atoms with van der Waals surface area (Å²) in [6, 6.07) is 12.7. The predicted octanol–water partition coefficient (Wildman–Crippen LogP) is 1.76. The Balaban J connectivity index is 1.48. The van der Waals surface area contributed by atoms with Crippen LogP contribution >= 0.6 is 0 Å². The minimum Gasteiger partial charge on any atom is -0.379 e. The number of hydrogen-bond acceptors (Lipinski definition) is 6. The zero-order chi connectivity index (χ0) is 18.2. The molecular formula is C19H21N5O2. The zero-order valence-electron chi connectivity index (χ0n) is 14.4. The molecule has 0 unspecified atom stereocenters. The number of hydrogen-bond donors (Lipinski definition) is 2. The third-order valence-electron chi connectivity index (χ3n) is 4.12. The molecule has 1 aliphatic rings. The molecule has 2 heterocycles. The Hall–Kier alpha value is -2.95. The second-order valence-electron chi connectivity index (χ2n) is 5.96. The number of nitrogens with zero attached hydrogens (tertiary/aromatic N) is 3. The van der Waals surface area contributed by atoms with Gasteiger partial charge in [0.05, 0.1) is 36.7 Å². The third kappa shape index (κ3) is 5.02. The summed E-state index contributed by atoms with van der Waals surface area (Å²) in [4.78, 5) is 18.6. The first kappa shape index (κ1) is 17.9. The first-order valence-corrected chi connectivity index (χ1v) is 8.56. The number of rotatable bonds is 6. The maximum Gasteiger partial charge on any atom is 0.269 e. The molecule has 1 aliphatic heterocycles. The Morgan fingerprint density at radius 2 is 1.88 bits per heavy atom. The van der Waals surface area contributed by atoms with E-state index in [4.69, 9.17) is 10.00 Å². The molecule has 3 rings (SSSR count). The average molecular weight is 351 g/mol. The number of ether oxygens (including phenoxy) is 1. The Bertz CT molecular complexity index is 762. The third-order valence-corrected chi connectivity index (χ3v) is 4.12. The predicted molar refractivity (Wildman–Crippen MR) is 98.3 cm³/mol. The van der Waals surface area contributed by atoms with Gasteiger partial charge in [-0.15, -0.1) is 0 Å². The van der Waals surface area contributed by atoms with Gasteiger partial charge in [0.25, 0.3) is 5.91 Å². The Kier molecular flexibility index (Phi) is 6.14. The van der Waals surface area contributed by atoms with Crippen LogP contribution in [0, 0.1) is 11.3 Å². The molecule has 2 N–H and O–H groups in total. The number of benzene rings is 1. The molecule has 7 heteroatoms. The minimum absolute atomic E-state index is 0.178. The van der Waals surface area contributed by atoms with E-state index in [1.165, 1.54) is 0 Å². The Labute approximate surface area is 152 Å². The highest BCUT2D eigenvalue weighted by Crippen LogP contribution is 2.16. The number of amides is 1. The number of carbonyl (C=O) groups is 1. The molecule has 0 spiro atoms. The number of anilines is 2. The van der Waals surface area contributed by atoms with Gasteiger partial charge in [-0.25, -0.2) is 4.98 Å². The lowest BCUT2D eigenvalue weighted by Crippen LogP contribution is -2.41. The van der Waals surface area contributed by atoms with E-state index in [-0.39, 0.29) is 5.91 Å². The van der Waals surface area contributed by atoms with Gasteiger partial charge in [-0.05, 0) is 36.4 Å². The second kappa shape index (κ2) is 8.94. The standard InChI is InChI=1S/C19H21N5O2/c20-13-15-1-3-16(4-2-15)23-17-5-6-18(22-14-17)19(25)21-7-8-24-9-11-26-12-10-24/h1-6,14,23H,7-12H2,(H,21,25). The normalized spacial score (nSPS) is 14.4. The average Bonchev–Trinajstić information content (AvgIpc) is 2.70. The number of pyridine rings is 1. The number of aromatic nitrogens is 1. The molecular weight excluding hydrogens is 330 g/mol. The van der Waals surface area contributed by atoms with Crippen LogP contribution in [0.15, 0.2) is 42.6 Å². The first-order chi connectivity index (χ1) is 12.7. The monoisotopic (exact) mass is 351 g/mol. The Morgan fingerprint density at radius 1 is 1.15 bits per heavy atom. The van der Waals surface area contributed by atoms with Crippen LogP contribution in [0.25, 0.3) is 0 Å². The van der Waals surface area contributed by atoms with Gasteiger partial charge in [0.15, 0.2) is 0 Å². The maximum atomic E-state index is 12.2. The van der Waals surface area contributed by atoms with Crippen LogP contribution in [0.4, 0.5) is 11.4 Å². The highest BCUT2D eigenvalue weighted by Gasteiger charge is 2.11. The van der Waals surface area contributed by atoms with E-state index in [2.05, 4.69) is 26.6 Å². The van der Waals surface area contributed by atoms with Gasteiger partial charge in [0.2, 0.25) is 0 Å². The van der Waals surface area contributed by atoms with Crippen LogP contribution < -0.4 is 10.6 Å². The molecule has 1 fully saturated rings. The van der Waals surface area contributed by atoms with Gasteiger partial charge < -0.3 is 15.4 Å². The van der Waals surface area contributed by atoms with Crippen molar-refractivity contribution in [3.8, 4) is 6.07 Å². The van der Waals surface area contributed by atoms with Crippen molar-refractivity contribution in [3.05, 3.63) is 53.9 Å². The van der Waals surface area contributed by atoms with Crippen molar-refractivity contribution in [2.45, 2.75) is 0 Å². The smallest absolute Gasteiger partial charge is 0.269 e. The van der Waals surface area contributed by atoms with Gasteiger partial charge in [-0.1, -0.05) is 0 Å². The summed E-state index contributed by atoms with van der Waals surface area (Å²) >= 11 is 0. The van der Waals surface area contributed by atoms with E-state index in [9.17, 15) is 4.79 Å². The van der Waals surface area contributed by atoms with E-state index < -0.39 is 0 Å². The number of morpholine rings is 1. The van der Waals surface area contributed by atoms with Crippen molar-refractivity contribution >= 4 is 17.3 Å². The molecule has 1 amide bonds. The lowest BCUT2D eigenvalue weighted by atomic mass is 10.2. The molecule has 7 nitrogen and oxygen atoms in total. The molecule has 26 heavy (non-hydrogen) atoms. The summed E-state index contributed by atoms with van der Waals surface area (Å²) in [7, 11) is 0. The fourth-order valence-corrected chi connectivity index (χ4v) is 2.64. The van der Waals surface area contributed by atoms with Crippen molar-refractivity contribution in [2.75, 3.05) is 44.7 Å². The van der Waals surface area contributed by atoms with E-state index in [1.54, 1.807) is 24.4 Å². The highest BCUT2D eigenvalue weighted by molar-refractivity contribution is 5.92. The molecule has 0 radical (unpaired) electrons. The number of nitriles is 1. The topological polar surface area (TPSA) is 90.3 Å². The van der Waals surface area contributed by atoms with E-state index in [0.717, 1.165) is 44.2 Å². The van der Waals surface area contributed by atoms with Crippen molar-refractivity contribution < 1.29 is 9.53 Å². The quantitative estimate of drug-likeness (QED) is 0.824. The van der Waals surface area contributed by atoms with Crippen LogP contribution in [0.3, 0.4) is 0 Å². The molecule has 0 aliphatic carbocycles. The number of carbonyl (C=O) groups excluding carboxylic acids is 1.